The molecule has 1 saturated heterocycles. The second-order valence-electron chi connectivity index (χ2n) is 9.15. The summed E-state index contributed by atoms with van der Waals surface area (Å²) in [7, 11) is 0. The fourth-order valence-corrected chi connectivity index (χ4v) is 4.75. The fourth-order valence-electron chi connectivity index (χ4n) is 4.75. The van der Waals surface area contributed by atoms with E-state index in [1.54, 1.807) is 6.07 Å². The molecule has 0 spiro atoms. The molecule has 0 radical (unpaired) electrons. The van der Waals surface area contributed by atoms with Crippen LogP contribution in [0, 0.1) is 5.82 Å². The van der Waals surface area contributed by atoms with Crippen molar-refractivity contribution in [2.24, 2.45) is 0 Å². The van der Waals surface area contributed by atoms with Crippen LogP contribution in [0.3, 0.4) is 0 Å². The fraction of sp³-hybridized carbons (Fsp3) is 0.429. The highest BCUT2D eigenvalue weighted by Crippen LogP contribution is 2.22. The third-order valence-corrected chi connectivity index (χ3v) is 6.53. The molecule has 2 heterocycles. The first kappa shape index (κ1) is 24.3. The predicted octanol–water partition coefficient (Wildman–Crippen LogP) is 5.13. The van der Waals surface area contributed by atoms with Gasteiger partial charge < -0.3 is 10.4 Å². The van der Waals surface area contributed by atoms with Crippen LogP contribution < -0.4 is 5.32 Å². The lowest BCUT2D eigenvalue weighted by molar-refractivity contribution is 0.154. The molecule has 6 heteroatoms. The number of phenolic OH excluding ortho intramolecular Hbond substituents is 1. The summed E-state index contributed by atoms with van der Waals surface area (Å²) in [5, 5.41) is 12.8. The first-order valence-corrected chi connectivity index (χ1v) is 12.5. The van der Waals surface area contributed by atoms with E-state index in [0.29, 0.717) is 12.5 Å². The molecule has 1 fully saturated rings. The summed E-state index contributed by atoms with van der Waals surface area (Å²) in [6.07, 6.45) is 7.66. The number of halogens is 1. The van der Waals surface area contributed by atoms with Crippen molar-refractivity contribution in [1.29, 1.82) is 0 Å². The molecule has 0 atom stereocenters. The Hall–Kier alpha value is -2.83. The Labute approximate surface area is 202 Å². The van der Waals surface area contributed by atoms with E-state index in [2.05, 4.69) is 46.4 Å². The molecule has 180 valence electrons. The van der Waals surface area contributed by atoms with Crippen LogP contribution in [0.1, 0.15) is 49.6 Å². The van der Waals surface area contributed by atoms with Gasteiger partial charge in [0.25, 0.3) is 0 Å². The van der Waals surface area contributed by atoms with E-state index in [9.17, 15) is 9.50 Å². The number of benzene rings is 2. The molecule has 1 aliphatic heterocycles. The van der Waals surface area contributed by atoms with Crippen molar-refractivity contribution in [2.75, 3.05) is 19.6 Å². The SMILES string of the molecule is CCCN(Cc1cccc(-c2ccnc(CCCc3ccc(O)c(F)c3)n2)c1)C1CCNCC1. The first-order chi connectivity index (χ1) is 16.6. The monoisotopic (exact) mass is 462 g/mol. The quantitative estimate of drug-likeness (QED) is 0.438. The van der Waals surface area contributed by atoms with Gasteiger partial charge in [0.1, 0.15) is 5.82 Å². The number of aromatic hydroxyl groups is 1. The lowest BCUT2D eigenvalue weighted by Crippen LogP contribution is -2.43. The van der Waals surface area contributed by atoms with Gasteiger partial charge in [-0.05, 0) is 87.1 Å². The number of rotatable bonds is 10. The molecule has 2 aromatic carbocycles. The van der Waals surface area contributed by atoms with Gasteiger partial charge in [0.2, 0.25) is 0 Å². The molecule has 1 aliphatic rings. The van der Waals surface area contributed by atoms with E-state index in [1.807, 2.05) is 12.3 Å². The maximum atomic E-state index is 13.5. The number of phenols is 1. The Morgan fingerprint density at radius 1 is 1.06 bits per heavy atom. The van der Waals surface area contributed by atoms with Crippen molar-refractivity contribution in [1.82, 2.24) is 20.2 Å². The smallest absolute Gasteiger partial charge is 0.165 e. The van der Waals surface area contributed by atoms with E-state index < -0.39 is 5.82 Å². The number of nitrogens with one attached hydrogen (secondary N) is 1. The number of aryl methyl sites for hydroxylation is 2. The standard InChI is InChI=1S/C28H35FN4O/c1-2-17-33(24-11-14-30-15-12-24)20-22-6-3-7-23(18-22)26-13-16-31-28(32-26)8-4-5-21-9-10-27(34)25(29)19-21/h3,6-7,9-10,13,16,18-19,24,30,34H,2,4-5,8,11-12,14-15,17,20H2,1H3. The van der Waals surface area contributed by atoms with Gasteiger partial charge in [0.15, 0.2) is 11.6 Å². The van der Waals surface area contributed by atoms with Crippen LogP contribution in [0.2, 0.25) is 0 Å². The Balaban J connectivity index is 1.40. The summed E-state index contributed by atoms with van der Waals surface area (Å²) in [5.74, 6) is -0.0895. The number of hydrogen-bond acceptors (Lipinski definition) is 5. The van der Waals surface area contributed by atoms with E-state index >= 15 is 0 Å². The molecular weight excluding hydrogens is 427 g/mol. The van der Waals surface area contributed by atoms with Crippen LogP contribution in [0.4, 0.5) is 4.39 Å². The molecule has 0 unspecified atom stereocenters. The molecule has 1 aromatic heterocycles. The van der Waals surface area contributed by atoms with Crippen LogP contribution in [0.15, 0.2) is 54.7 Å². The van der Waals surface area contributed by atoms with Gasteiger partial charge >= 0.3 is 0 Å². The van der Waals surface area contributed by atoms with Crippen LogP contribution in [0.25, 0.3) is 11.3 Å². The lowest BCUT2D eigenvalue weighted by atomic mass is 10.0. The van der Waals surface area contributed by atoms with E-state index in [-0.39, 0.29) is 5.75 Å². The van der Waals surface area contributed by atoms with Gasteiger partial charge in [-0.25, -0.2) is 14.4 Å². The highest BCUT2D eigenvalue weighted by atomic mass is 19.1. The van der Waals surface area contributed by atoms with E-state index in [1.165, 1.54) is 30.5 Å². The molecule has 34 heavy (non-hydrogen) atoms. The molecule has 0 amide bonds. The molecule has 3 aromatic rings. The minimum Gasteiger partial charge on any atom is -0.505 e. The Bertz CT molecular complexity index is 1070. The van der Waals surface area contributed by atoms with Gasteiger partial charge in [-0.15, -0.1) is 0 Å². The molecular formula is C28H35FN4O. The first-order valence-electron chi connectivity index (χ1n) is 12.5. The number of nitrogens with zero attached hydrogens (tertiary/aromatic N) is 3. The Kier molecular flexibility index (Phi) is 8.61. The average Bonchev–Trinajstić information content (AvgIpc) is 2.87. The average molecular weight is 463 g/mol. The largest absolute Gasteiger partial charge is 0.505 e. The van der Waals surface area contributed by atoms with Gasteiger partial charge in [-0.1, -0.05) is 31.2 Å². The van der Waals surface area contributed by atoms with Crippen molar-refractivity contribution in [3.63, 3.8) is 0 Å². The summed E-state index contributed by atoms with van der Waals surface area (Å²) >= 11 is 0. The Morgan fingerprint density at radius 3 is 2.71 bits per heavy atom. The molecule has 0 saturated carbocycles. The molecule has 0 aliphatic carbocycles. The van der Waals surface area contributed by atoms with Crippen LogP contribution in [0.5, 0.6) is 5.75 Å². The normalized spacial score (nSPS) is 14.6. The summed E-state index contributed by atoms with van der Waals surface area (Å²) in [5.41, 5.74) is 4.23. The topological polar surface area (TPSA) is 61.3 Å². The zero-order valence-corrected chi connectivity index (χ0v) is 20.0. The summed E-state index contributed by atoms with van der Waals surface area (Å²) in [6, 6.07) is 15.9. The highest BCUT2D eigenvalue weighted by Gasteiger charge is 2.20. The molecule has 2 N–H and O–H groups in total. The predicted molar refractivity (Wildman–Crippen MR) is 134 cm³/mol. The molecule has 0 bridgehead atoms. The summed E-state index contributed by atoms with van der Waals surface area (Å²) in [4.78, 5) is 11.9. The van der Waals surface area contributed by atoms with Crippen molar-refractivity contribution in [3.05, 3.63) is 77.5 Å². The van der Waals surface area contributed by atoms with Crippen LogP contribution >= 0.6 is 0 Å². The maximum Gasteiger partial charge on any atom is 0.165 e. The second-order valence-corrected chi connectivity index (χ2v) is 9.15. The number of hydrogen-bond donors (Lipinski definition) is 2. The molecule has 5 nitrogen and oxygen atoms in total. The van der Waals surface area contributed by atoms with Crippen molar-refractivity contribution >= 4 is 0 Å². The van der Waals surface area contributed by atoms with Crippen molar-refractivity contribution < 1.29 is 9.50 Å². The zero-order chi connectivity index (χ0) is 23.8. The lowest BCUT2D eigenvalue weighted by Gasteiger charge is -2.34. The van der Waals surface area contributed by atoms with Gasteiger partial charge in [-0.3, -0.25) is 4.90 Å². The van der Waals surface area contributed by atoms with Gasteiger partial charge in [0, 0.05) is 30.8 Å². The van der Waals surface area contributed by atoms with Gasteiger partial charge in [-0.2, -0.15) is 0 Å². The third kappa shape index (κ3) is 6.61. The summed E-state index contributed by atoms with van der Waals surface area (Å²) in [6.45, 7) is 6.56. The van der Waals surface area contributed by atoms with Crippen molar-refractivity contribution in [2.45, 2.75) is 58.0 Å². The number of aromatic nitrogens is 2. The van der Waals surface area contributed by atoms with Crippen LogP contribution in [-0.2, 0) is 19.4 Å². The minimum atomic E-state index is -0.576. The third-order valence-electron chi connectivity index (χ3n) is 6.53. The minimum absolute atomic E-state index is 0.310. The van der Waals surface area contributed by atoms with Crippen molar-refractivity contribution in [3.8, 4) is 17.0 Å². The summed E-state index contributed by atoms with van der Waals surface area (Å²) < 4.78 is 13.5. The zero-order valence-electron chi connectivity index (χ0n) is 20.0. The second kappa shape index (κ2) is 12.0. The van der Waals surface area contributed by atoms with E-state index in [4.69, 9.17) is 4.98 Å². The van der Waals surface area contributed by atoms with E-state index in [0.717, 1.165) is 68.1 Å². The highest BCUT2D eigenvalue weighted by molar-refractivity contribution is 5.59. The van der Waals surface area contributed by atoms with Crippen LogP contribution in [-0.4, -0.2) is 45.7 Å². The van der Waals surface area contributed by atoms with Gasteiger partial charge in [0.05, 0.1) is 5.69 Å². The maximum absolute atomic E-state index is 13.5. The number of piperidine rings is 1. The Morgan fingerprint density at radius 2 is 1.91 bits per heavy atom. The molecule has 4 rings (SSSR count).